The van der Waals surface area contributed by atoms with Crippen molar-refractivity contribution >= 4 is 21.8 Å². The molecule has 0 aliphatic carbocycles. The summed E-state index contributed by atoms with van der Waals surface area (Å²) in [6, 6.07) is 4.83. The van der Waals surface area contributed by atoms with Crippen LogP contribution in [0.4, 0.5) is 4.39 Å². The molecular formula is C11H11BrFNO. The second kappa shape index (κ2) is 3.59. The molecule has 1 aromatic rings. The number of carbonyl (C=O) groups excluding carboxylic acids is 1. The highest BCUT2D eigenvalue weighted by Crippen LogP contribution is 2.33. The molecule has 1 unspecified atom stereocenters. The van der Waals surface area contributed by atoms with Gasteiger partial charge in [0.25, 0.3) is 0 Å². The molecule has 1 atom stereocenters. The summed E-state index contributed by atoms with van der Waals surface area (Å²) in [6.45, 7) is 2.40. The predicted molar refractivity (Wildman–Crippen MR) is 59.1 cm³/mol. The van der Waals surface area contributed by atoms with Gasteiger partial charge in [-0.25, -0.2) is 4.39 Å². The third kappa shape index (κ3) is 1.91. The lowest BCUT2D eigenvalue weighted by Gasteiger charge is -2.22. The highest BCUT2D eigenvalue weighted by atomic mass is 79.9. The SMILES string of the molecule is CC1(c2cc(Br)ccc2F)CNC(=O)C1. The molecule has 1 N–H and O–H groups in total. The maximum Gasteiger partial charge on any atom is 0.220 e. The van der Waals surface area contributed by atoms with Crippen LogP contribution in [0.2, 0.25) is 0 Å². The van der Waals surface area contributed by atoms with E-state index in [1.807, 2.05) is 6.92 Å². The van der Waals surface area contributed by atoms with Gasteiger partial charge in [-0.15, -0.1) is 0 Å². The van der Waals surface area contributed by atoms with Crippen LogP contribution in [-0.4, -0.2) is 12.5 Å². The highest BCUT2D eigenvalue weighted by molar-refractivity contribution is 9.10. The van der Waals surface area contributed by atoms with E-state index in [0.29, 0.717) is 18.5 Å². The van der Waals surface area contributed by atoms with E-state index in [9.17, 15) is 9.18 Å². The van der Waals surface area contributed by atoms with Crippen molar-refractivity contribution in [3.63, 3.8) is 0 Å². The van der Waals surface area contributed by atoms with Crippen LogP contribution in [0.15, 0.2) is 22.7 Å². The number of carbonyl (C=O) groups is 1. The lowest BCUT2D eigenvalue weighted by atomic mass is 9.81. The van der Waals surface area contributed by atoms with Gasteiger partial charge in [-0.05, 0) is 23.8 Å². The minimum atomic E-state index is -0.426. The first-order valence-corrected chi connectivity index (χ1v) is 5.53. The molecule has 15 heavy (non-hydrogen) atoms. The zero-order valence-electron chi connectivity index (χ0n) is 8.31. The summed E-state index contributed by atoms with van der Waals surface area (Å²) in [5.74, 6) is -0.269. The topological polar surface area (TPSA) is 29.1 Å². The zero-order chi connectivity index (χ0) is 11.1. The van der Waals surface area contributed by atoms with Crippen molar-refractivity contribution in [1.82, 2.24) is 5.32 Å². The average molecular weight is 272 g/mol. The van der Waals surface area contributed by atoms with Crippen molar-refractivity contribution in [3.8, 4) is 0 Å². The number of rotatable bonds is 1. The second-order valence-corrected chi connectivity index (χ2v) is 5.05. The van der Waals surface area contributed by atoms with Gasteiger partial charge in [0.15, 0.2) is 0 Å². The summed E-state index contributed by atoms with van der Waals surface area (Å²) in [6.07, 6.45) is 0.348. The standard InChI is InChI=1S/C11H11BrFNO/c1-11(5-10(15)14-6-11)8-4-7(12)2-3-9(8)13/h2-4H,5-6H2,1H3,(H,14,15). The van der Waals surface area contributed by atoms with Crippen LogP contribution in [-0.2, 0) is 10.2 Å². The quantitative estimate of drug-likeness (QED) is 0.835. The maximum absolute atomic E-state index is 13.6. The molecule has 4 heteroatoms. The Hall–Kier alpha value is -0.900. The fourth-order valence-corrected chi connectivity index (χ4v) is 2.28. The van der Waals surface area contributed by atoms with Gasteiger partial charge in [0.1, 0.15) is 5.82 Å². The van der Waals surface area contributed by atoms with Crippen LogP contribution >= 0.6 is 15.9 Å². The molecular weight excluding hydrogens is 261 g/mol. The smallest absolute Gasteiger partial charge is 0.220 e. The molecule has 1 aromatic carbocycles. The van der Waals surface area contributed by atoms with E-state index in [4.69, 9.17) is 0 Å². The Kier molecular flexibility index (Phi) is 2.54. The van der Waals surface area contributed by atoms with E-state index in [-0.39, 0.29) is 11.7 Å². The molecule has 1 aliphatic rings. The summed E-state index contributed by atoms with van der Waals surface area (Å²) in [5.41, 5.74) is 0.167. The monoisotopic (exact) mass is 271 g/mol. The van der Waals surface area contributed by atoms with Gasteiger partial charge in [-0.1, -0.05) is 22.9 Å². The Bertz CT molecular complexity index is 421. The third-order valence-electron chi connectivity index (χ3n) is 2.81. The van der Waals surface area contributed by atoms with Crippen molar-refractivity contribution in [2.45, 2.75) is 18.8 Å². The third-order valence-corrected chi connectivity index (χ3v) is 3.30. The van der Waals surface area contributed by atoms with Crippen molar-refractivity contribution in [3.05, 3.63) is 34.1 Å². The largest absolute Gasteiger partial charge is 0.355 e. The summed E-state index contributed by atoms with van der Waals surface area (Å²) in [7, 11) is 0. The predicted octanol–water partition coefficient (Wildman–Crippen LogP) is 2.37. The van der Waals surface area contributed by atoms with Crippen molar-refractivity contribution in [2.75, 3.05) is 6.54 Å². The molecule has 0 radical (unpaired) electrons. The van der Waals surface area contributed by atoms with Gasteiger partial charge in [0, 0.05) is 22.9 Å². The van der Waals surface area contributed by atoms with Crippen LogP contribution in [0.25, 0.3) is 0 Å². The normalized spacial score (nSPS) is 25.4. The molecule has 0 bridgehead atoms. The van der Waals surface area contributed by atoms with Gasteiger partial charge in [0.2, 0.25) is 5.91 Å². The van der Waals surface area contributed by atoms with Gasteiger partial charge in [-0.3, -0.25) is 4.79 Å². The Morgan fingerprint density at radius 1 is 1.53 bits per heavy atom. The molecule has 1 fully saturated rings. The van der Waals surface area contributed by atoms with Crippen LogP contribution in [0, 0.1) is 5.82 Å². The number of halogens is 2. The van der Waals surface area contributed by atoms with Gasteiger partial charge >= 0.3 is 0 Å². The van der Waals surface area contributed by atoms with E-state index >= 15 is 0 Å². The number of nitrogens with one attached hydrogen (secondary N) is 1. The minimum absolute atomic E-state index is 0.0168. The molecule has 80 valence electrons. The molecule has 1 heterocycles. The fraction of sp³-hybridized carbons (Fsp3) is 0.364. The van der Waals surface area contributed by atoms with Crippen molar-refractivity contribution in [2.24, 2.45) is 0 Å². The Balaban J connectivity index is 2.44. The molecule has 0 spiro atoms. The molecule has 1 amide bonds. The summed E-state index contributed by atoms with van der Waals surface area (Å²) in [5, 5.41) is 2.73. The lowest BCUT2D eigenvalue weighted by molar-refractivity contribution is -0.119. The first-order valence-electron chi connectivity index (χ1n) is 4.73. The van der Waals surface area contributed by atoms with E-state index in [0.717, 1.165) is 4.47 Å². The Morgan fingerprint density at radius 2 is 2.27 bits per heavy atom. The Morgan fingerprint density at radius 3 is 2.87 bits per heavy atom. The lowest BCUT2D eigenvalue weighted by Crippen LogP contribution is -2.26. The molecule has 2 nitrogen and oxygen atoms in total. The highest BCUT2D eigenvalue weighted by Gasteiger charge is 2.37. The fourth-order valence-electron chi connectivity index (χ4n) is 1.92. The van der Waals surface area contributed by atoms with E-state index in [1.165, 1.54) is 6.07 Å². The minimum Gasteiger partial charge on any atom is -0.355 e. The van der Waals surface area contributed by atoms with Gasteiger partial charge < -0.3 is 5.32 Å². The van der Waals surface area contributed by atoms with E-state index in [2.05, 4.69) is 21.2 Å². The molecule has 1 saturated heterocycles. The maximum atomic E-state index is 13.6. The summed E-state index contributed by atoms with van der Waals surface area (Å²) >= 11 is 3.31. The summed E-state index contributed by atoms with van der Waals surface area (Å²) < 4.78 is 14.5. The Labute approximate surface area is 96.0 Å². The first-order chi connectivity index (χ1) is 7.01. The number of amides is 1. The second-order valence-electron chi connectivity index (χ2n) is 4.14. The van der Waals surface area contributed by atoms with Crippen LogP contribution in [0.1, 0.15) is 18.9 Å². The molecule has 0 aromatic heterocycles. The summed E-state index contributed by atoms with van der Waals surface area (Å²) in [4.78, 5) is 11.2. The number of hydrogen-bond acceptors (Lipinski definition) is 1. The molecule has 2 rings (SSSR count). The molecule has 0 saturated carbocycles. The molecule has 1 aliphatic heterocycles. The van der Waals surface area contributed by atoms with E-state index in [1.54, 1.807) is 12.1 Å². The van der Waals surface area contributed by atoms with Crippen molar-refractivity contribution in [1.29, 1.82) is 0 Å². The van der Waals surface area contributed by atoms with Gasteiger partial charge in [0.05, 0.1) is 0 Å². The van der Waals surface area contributed by atoms with E-state index < -0.39 is 5.41 Å². The van der Waals surface area contributed by atoms with Crippen molar-refractivity contribution < 1.29 is 9.18 Å². The zero-order valence-corrected chi connectivity index (χ0v) is 9.90. The number of benzene rings is 1. The number of hydrogen-bond donors (Lipinski definition) is 1. The van der Waals surface area contributed by atoms with Crippen LogP contribution in [0.3, 0.4) is 0 Å². The first kappa shape index (κ1) is 10.6. The van der Waals surface area contributed by atoms with Gasteiger partial charge in [-0.2, -0.15) is 0 Å². The average Bonchev–Trinajstić information content (AvgIpc) is 2.52. The van der Waals surface area contributed by atoms with Crippen LogP contribution in [0.5, 0.6) is 0 Å². The van der Waals surface area contributed by atoms with Crippen LogP contribution < -0.4 is 5.32 Å².